The lowest BCUT2D eigenvalue weighted by Crippen LogP contribution is -2.43. The molecule has 2 amide bonds. The number of amides is 2. The molecular formula is C16H23N3O2. The number of hydrogen-bond acceptors (Lipinski definition) is 3. The predicted molar refractivity (Wildman–Crippen MR) is 81.4 cm³/mol. The SMILES string of the molecule is CC(NC(=O)C(N)CC(N)=O)c1ccc2c(c1)CCCC2. The van der Waals surface area contributed by atoms with E-state index < -0.39 is 11.9 Å². The standard InChI is InChI=1S/C16H23N3O2/c1-10(19-16(21)14(17)9-15(18)20)12-7-6-11-4-2-3-5-13(11)8-12/h6-8,10,14H,2-5,9,17H2,1H3,(H2,18,20)(H,19,21). The first-order valence-electron chi connectivity index (χ1n) is 7.43. The van der Waals surface area contributed by atoms with E-state index in [-0.39, 0.29) is 18.4 Å². The Bertz CT molecular complexity index is 542. The molecule has 0 fully saturated rings. The molecule has 0 saturated carbocycles. The fourth-order valence-corrected chi connectivity index (χ4v) is 2.74. The van der Waals surface area contributed by atoms with Crippen molar-refractivity contribution in [2.45, 2.75) is 51.1 Å². The Balaban J connectivity index is 2.01. The quantitative estimate of drug-likeness (QED) is 0.752. The summed E-state index contributed by atoms with van der Waals surface area (Å²) >= 11 is 0. The zero-order valence-corrected chi connectivity index (χ0v) is 12.4. The van der Waals surface area contributed by atoms with E-state index in [1.54, 1.807) is 0 Å². The van der Waals surface area contributed by atoms with Gasteiger partial charge in [-0.25, -0.2) is 0 Å². The summed E-state index contributed by atoms with van der Waals surface area (Å²) in [5, 5.41) is 2.84. The number of rotatable bonds is 5. The van der Waals surface area contributed by atoms with Gasteiger partial charge in [-0.05, 0) is 49.3 Å². The monoisotopic (exact) mass is 289 g/mol. The molecule has 0 spiro atoms. The minimum atomic E-state index is -0.887. The fraction of sp³-hybridized carbons (Fsp3) is 0.500. The second-order valence-corrected chi connectivity index (χ2v) is 5.74. The van der Waals surface area contributed by atoms with Crippen molar-refractivity contribution in [2.24, 2.45) is 11.5 Å². The largest absolute Gasteiger partial charge is 0.370 e. The van der Waals surface area contributed by atoms with Crippen molar-refractivity contribution in [3.05, 3.63) is 34.9 Å². The van der Waals surface area contributed by atoms with Crippen LogP contribution in [0.5, 0.6) is 0 Å². The van der Waals surface area contributed by atoms with Crippen molar-refractivity contribution in [1.29, 1.82) is 0 Å². The Morgan fingerprint density at radius 3 is 2.57 bits per heavy atom. The molecule has 5 nitrogen and oxygen atoms in total. The summed E-state index contributed by atoms with van der Waals surface area (Å²) in [6.45, 7) is 1.92. The van der Waals surface area contributed by atoms with Gasteiger partial charge in [-0.2, -0.15) is 0 Å². The van der Waals surface area contributed by atoms with Crippen LogP contribution in [0.1, 0.15) is 48.9 Å². The van der Waals surface area contributed by atoms with E-state index in [9.17, 15) is 9.59 Å². The van der Waals surface area contributed by atoms with E-state index in [0.717, 1.165) is 18.4 Å². The van der Waals surface area contributed by atoms with Gasteiger partial charge in [-0.15, -0.1) is 0 Å². The summed E-state index contributed by atoms with van der Waals surface area (Å²) in [4.78, 5) is 22.7. The van der Waals surface area contributed by atoms with Crippen LogP contribution in [0.3, 0.4) is 0 Å². The predicted octanol–water partition coefficient (Wildman–Crippen LogP) is 0.945. The summed E-state index contributed by atoms with van der Waals surface area (Å²) in [5.41, 5.74) is 14.5. The second-order valence-electron chi connectivity index (χ2n) is 5.74. The number of fused-ring (bicyclic) bond motifs is 1. The van der Waals surface area contributed by atoms with Gasteiger partial charge in [0.05, 0.1) is 18.5 Å². The van der Waals surface area contributed by atoms with Gasteiger partial charge in [0.2, 0.25) is 11.8 Å². The van der Waals surface area contributed by atoms with Crippen molar-refractivity contribution in [1.82, 2.24) is 5.32 Å². The van der Waals surface area contributed by atoms with Gasteiger partial charge in [0.1, 0.15) is 0 Å². The van der Waals surface area contributed by atoms with Gasteiger partial charge < -0.3 is 16.8 Å². The van der Waals surface area contributed by atoms with Gasteiger partial charge in [-0.3, -0.25) is 9.59 Å². The zero-order chi connectivity index (χ0) is 15.4. The van der Waals surface area contributed by atoms with Crippen molar-refractivity contribution in [2.75, 3.05) is 0 Å². The number of nitrogens with two attached hydrogens (primary N) is 2. The molecule has 114 valence electrons. The van der Waals surface area contributed by atoms with Crippen molar-refractivity contribution >= 4 is 11.8 Å². The van der Waals surface area contributed by atoms with E-state index in [1.807, 2.05) is 6.92 Å². The highest BCUT2D eigenvalue weighted by Gasteiger charge is 2.19. The van der Waals surface area contributed by atoms with Gasteiger partial charge >= 0.3 is 0 Å². The van der Waals surface area contributed by atoms with Crippen molar-refractivity contribution in [3.8, 4) is 0 Å². The van der Waals surface area contributed by atoms with Crippen LogP contribution >= 0.6 is 0 Å². The normalized spacial score (nSPS) is 16.7. The van der Waals surface area contributed by atoms with E-state index in [0.29, 0.717) is 0 Å². The van der Waals surface area contributed by atoms with E-state index >= 15 is 0 Å². The lowest BCUT2D eigenvalue weighted by atomic mass is 9.89. The first-order valence-corrected chi connectivity index (χ1v) is 7.43. The number of primary amides is 1. The molecule has 5 N–H and O–H groups in total. The van der Waals surface area contributed by atoms with Crippen LogP contribution in [0, 0.1) is 0 Å². The Morgan fingerprint density at radius 2 is 1.90 bits per heavy atom. The van der Waals surface area contributed by atoms with Crippen LogP contribution in [0.15, 0.2) is 18.2 Å². The zero-order valence-electron chi connectivity index (χ0n) is 12.4. The van der Waals surface area contributed by atoms with E-state index in [2.05, 4.69) is 23.5 Å². The third-order valence-corrected chi connectivity index (χ3v) is 3.99. The Kier molecular flexibility index (Phi) is 4.96. The molecule has 2 rings (SSSR count). The van der Waals surface area contributed by atoms with E-state index in [1.165, 1.54) is 24.0 Å². The highest BCUT2D eigenvalue weighted by molar-refractivity contribution is 5.87. The van der Waals surface area contributed by atoms with Crippen LogP contribution < -0.4 is 16.8 Å². The summed E-state index contributed by atoms with van der Waals surface area (Å²) in [6.07, 6.45) is 4.58. The van der Waals surface area contributed by atoms with Gasteiger partial charge in [0.25, 0.3) is 0 Å². The summed E-state index contributed by atoms with van der Waals surface area (Å²) < 4.78 is 0. The Labute approximate surface area is 125 Å². The summed E-state index contributed by atoms with van der Waals surface area (Å²) in [7, 11) is 0. The number of hydrogen-bond donors (Lipinski definition) is 3. The minimum absolute atomic E-state index is 0.136. The molecule has 0 heterocycles. The third-order valence-electron chi connectivity index (χ3n) is 3.99. The van der Waals surface area contributed by atoms with E-state index in [4.69, 9.17) is 11.5 Å². The fourth-order valence-electron chi connectivity index (χ4n) is 2.74. The lowest BCUT2D eigenvalue weighted by molar-refractivity contribution is -0.126. The first-order chi connectivity index (χ1) is 9.97. The second kappa shape index (κ2) is 6.72. The average Bonchev–Trinajstić information content (AvgIpc) is 2.45. The van der Waals surface area contributed by atoms with Gasteiger partial charge in [0, 0.05) is 0 Å². The van der Waals surface area contributed by atoms with Gasteiger partial charge in [0.15, 0.2) is 0 Å². The highest BCUT2D eigenvalue weighted by Crippen LogP contribution is 2.24. The van der Waals surface area contributed by atoms with Crippen LogP contribution in [0.4, 0.5) is 0 Å². The summed E-state index contributed by atoms with van der Waals surface area (Å²) in [6, 6.07) is 5.34. The van der Waals surface area contributed by atoms with Crippen LogP contribution in [0.2, 0.25) is 0 Å². The molecule has 0 aromatic heterocycles. The molecule has 2 unspecified atom stereocenters. The number of carbonyl (C=O) groups is 2. The Morgan fingerprint density at radius 1 is 1.24 bits per heavy atom. The summed E-state index contributed by atoms with van der Waals surface area (Å²) in [5.74, 6) is -0.918. The lowest BCUT2D eigenvalue weighted by Gasteiger charge is -2.21. The maximum atomic E-state index is 11.9. The molecule has 1 aliphatic rings. The Hall–Kier alpha value is -1.88. The number of nitrogens with one attached hydrogen (secondary N) is 1. The van der Waals surface area contributed by atoms with Crippen molar-refractivity contribution < 1.29 is 9.59 Å². The van der Waals surface area contributed by atoms with Crippen molar-refractivity contribution in [3.63, 3.8) is 0 Å². The number of benzene rings is 1. The molecule has 1 aromatic rings. The molecule has 0 aliphatic heterocycles. The van der Waals surface area contributed by atoms with Gasteiger partial charge in [-0.1, -0.05) is 18.2 Å². The number of carbonyl (C=O) groups excluding carboxylic acids is 2. The molecule has 1 aromatic carbocycles. The number of aryl methyl sites for hydroxylation is 2. The topological polar surface area (TPSA) is 98.2 Å². The van der Waals surface area contributed by atoms with Crippen LogP contribution in [-0.2, 0) is 22.4 Å². The molecule has 1 aliphatic carbocycles. The maximum Gasteiger partial charge on any atom is 0.237 e. The van der Waals surface area contributed by atoms with Crippen LogP contribution in [-0.4, -0.2) is 17.9 Å². The first kappa shape index (κ1) is 15.5. The third kappa shape index (κ3) is 4.04. The molecule has 2 atom stereocenters. The van der Waals surface area contributed by atoms with Crippen LogP contribution in [0.25, 0.3) is 0 Å². The molecule has 0 radical (unpaired) electrons. The molecular weight excluding hydrogens is 266 g/mol. The molecule has 0 bridgehead atoms. The molecule has 0 saturated heterocycles. The molecule has 21 heavy (non-hydrogen) atoms. The maximum absolute atomic E-state index is 11.9. The smallest absolute Gasteiger partial charge is 0.237 e. The molecule has 5 heteroatoms. The highest BCUT2D eigenvalue weighted by atomic mass is 16.2. The minimum Gasteiger partial charge on any atom is -0.370 e. The average molecular weight is 289 g/mol.